The third-order valence-electron chi connectivity index (χ3n) is 2.85. The van der Waals surface area contributed by atoms with E-state index in [-0.39, 0.29) is 5.56 Å². The van der Waals surface area contributed by atoms with E-state index in [1.807, 2.05) is 0 Å². The molecule has 124 valence electrons. The molecule has 0 atom stereocenters. The van der Waals surface area contributed by atoms with Gasteiger partial charge in [-0.3, -0.25) is 0 Å². The molecule has 4 nitrogen and oxygen atoms in total. The van der Waals surface area contributed by atoms with Crippen LogP contribution in [0, 0.1) is 0 Å². The van der Waals surface area contributed by atoms with Crippen molar-refractivity contribution < 1.29 is 35.9 Å². The molecule has 1 aromatic carbocycles. The molecule has 10 heteroatoms. The van der Waals surface area contributed by atoms with Gasteiger partial charge in [-0.2, -0.15) is 31.4 Å². The maximum Gasteiger partial charge on any atom is 0.435 e. The first kappa shape index (κ1) is 16.8. The van der Waals surface area contributed by atoms with Gasteiger partial charge in [0.1, 0.15) is 0 Å². The lowest BCUT2D eigenvalue weighted by Gasteiger charge is -2.14. The number of benzene rings is 1. The van der Waals surface area contributed by atoms with E-state index in [1.54, 1.807) is 0 Å². The van der Waals surface area contributed by atoms with Crippen molar-refractivity contribution in [3.05, 3.63) is 47.3 Å². The van der Waals surface area contributed by atoms with Crippen LogP contribution in [0.3, 0.4) is 0 Å². The summed E-state index contributed by atoms with van der Waals surface area (Å²) in [6, 6.07) is 2.90. The normalized spacial score (nSPS) is 12.3. The Kier molecular flexibility index (Phi) is 4.10. The molecule has 2 aromatic rings. The topological polar surface area (TPSA) is 44.1 Å². The van der Waals surface area contributed by atoms with Gasteiger partial charge in [0.15, 0.2) is 5.69 Å². The molecule has 0 bridgehead atoms. The minimum Gasteiger partial charge on any atom is -0.465 e. The summed E-state index contributed by atoms with van der Waals surface area (Å²) < 4.78 is 81.6. The highest BCUT2D eigenvalue weighted by Crippen LogP contribution is 2.35. The molecule has 0 saturated carbocycles. The Morgan fingerprint density at radius 3 is 2.22 bits per heavy atom. The number of alkyl halides is 6. The molecular formula is C13H8F6N2O2. The average molecular weight is 338 g/mol. The van der Waals surface area contributed by atoms with E-state index in [0.29, 0.717) is 16.8 Å². The van der Waals surface area contributed by atoms with E-state index in [0.717, 1.165) is 25.4 Å². The highest BCUT2D eigenvalue weighted by molar-refractivity contribution is 5.90. The Balaban J connectivity index is 2.58. The van der Waals surface area contributed by atoms with Crippen LogP contribution >= 0.6 is 0 Å². The van der Waals surface area contributed by atoms with Crippen LogP contribution in [-0.2, 0) is 17.1 Å². The first-order chi connectivity index (χ1) is 10.5. The fourth-order valence-electron chi connectivity index (χ4n) is 1.82. The number of aromatic nitrogens is 2. The maximum absolute atomic E-state index is 13.1. The summed E-state index contributed by atoms with van der Waals surface area (Å²) in [5, 5.41) is 3.10. The average Bonchev–Trinajstić information content (AvgIpc) is 2.94. The number of carbonyl (C=O) groups is 1. The van der Waals surface area contributed by atoms with Gasteiger partial charge >= 0.3 is 18.3 Å². The molecular weight excluding hydrogens is 330 g/mol. The van der Waals surface area contributed by atoms with E-state index in [4.69, 9.17) is 0 Å². The number of nitrogens with zero attached hydrogens (tertiary/aromatic N) is 2. The molecule has 0 unspecified atom stereocenters. The standard InChI is InChI=1S/C13H8F6N2O2/c1-23-11(22)7-2-3-9(8(6-7)12(14,15)16)21-5-4-10(20-21)13(17,18)19/h2-6H,1H3. The van der Waals surface area contributed by atoms with Crippen LogP contribution < -0.4 is 0 Å². The lowest BCUT2D eigenvalue weighted by molar-refractivity contribution is -0.141. The number of ether oxygens (including phenoxy) is 1. The van der Waals surface area contributed by atoms with Crippen LogP contribution in [-0.4, -0.2) is 22.9 Å². The first-order valence-corrected chi connectivity index (χ1v) is 5.97. The van der Waals surface area contributed by atoms with Crippen LogP contribution in [0.2, 0.25) is 0 Å². The Morgan fingerprint density at radius 2 is 1.74 bits per heavy atom. The second-order valence-corrected chi connectivity index (χ2v) is 4.36. The van der Waals surface area contributed by atoms with Gasteiger partial charge in [-0.25, -0.2) is 9.48 Å². The van der Waals surface area contributed by atoms with Gasteiger partial charge in [-0.15, -0.1) is 0 Å². The molecule has 0 N–H and O–H groups in total. The zero-order valence-electron chi connectivity index (χ0n) is 11.4. The first-order valence-electron chi connectivity index (χ1n) is 5.97. The summed E-state index contributed by atoms with van der Waals surface area (Å²) in [4.78, 5) is 11.3. The molecule has 0 spiro atoms. The lowest BCUT2D eigenvalue weighted by atomic mass is 10.1. The predicted molar refractivity (Wildman–Crippen MR) is 64.9 cm³/mol. The number of halogens is 6. The molecule has 0 amide bonds. The van der Waals surface area contributed by atoms with Crippen molar-refractivity contribution in [2.45, 2.75) is 12.4 Å². The third-order valence-corrected chi connectivity index (χ3v) is 2.85. The van der Waals surface area contributed by atoms with Crippen LogP contribution in [0.1, 0.15) is 21.6 Å². The van der Waals surface area contributed by atoms with Crippen molar-refractivity contribution in [1.29, 1.82) is 0 Å². The quantitative estimate of drug-likeness (QED) is 0.620. The van der Waals surface area contributed by atoms with E-state index in [9.17, 15) is 31.1 Å². The Labute approximate surface area is 125 Å². The van der Waals surface area contributed by atoms with Gasteiger partial charge in [-0.1, -0.05) is 0 Å². The van der Waals surface area contributed by atoms with Crippen LogP contribution in [0.5, 0.6) is 0 Å². The van der Waals surface area contributed by atoms with E-state index < -0.39 is 35.3 Å². The van der Waals surface area contributed by atoms with Crippen molar-refractivity contribution in [2.75, 3.05) is 7.11 Å². The second-order valence-electron chi connectivity index (χ2n) is 4.36. The largest absolute Gasteiger partial charge is 0.465 e. The molecule has 0 aliphatic carbocycles. The predicted octanol–water partition coefficient (Wildman–Crippen LogP) is 3.70. The highest BCUT2D eigenvalue weighted by atomic mass is 19.4. The molecule has 23 heavy (non-hydrogen) atoms. The Bertz CT molecular complexity index is 733. The zero-order chi connectivity index (χ0) is 17.4. The molecule has 2 rings (SSSR count). The van der Waals surface area contributed by atoms with Crippen molar-refractivity contribution in [2.24, 2.45) is 0 Å². The number of methoxy groups -OCH3 is 1. The lowest BCUT2D eigenvalue weighted by Crippen LogP contribution is -2.14. The van der Waals surface area contributed by atoms with Crippen molar-refractivity contribution in [3.63, 3.8) is 0 Å². The molecule has 0 fully saturated rings. The summed E-state index contributed by atoms with van der Waals surface area (Å²) in [5.41, 5.74) is -3.66. The van der Waals surface area contributed by atoms with Crippen molar-refractivity contribution >= 4 is 5.97 Å². The van der Waals surface area contributed by atoms with Crippen molar-refractivity contribution in [3.8, 4) is 5.69 Å². The number of hydrogen-bond donors (Lipinski definition) is 0. The minimum atomic E-state index is -4.90. The number of esters is 1. The molecule has 0 radical (unpaired) electrons. The molecule has 0 aliphatic heterocycles. The summed E-state index contributed by atoms with van der Waals surface area (Å²) in [7, 11) is 0.993. The molecule has 0 aliphatic rings. The number of hydrogen-bond acceptors (Lipinski definition) is 3. The van der Waals surface area contributed by atoms with Gasteiger partial charge < -0.3 is 4.74 Å². The van der Waals surface area contributed by atoms with Gasteiger partial charge in [0.2, 0.25) is 0 Å². The van der Waals surface area contributed by atoms with Gasteiger partial charge in [-0.05, 0) is 24.3 Å². The number of rotatable bonds is 2. The fraction of sp³-hybridized carbons (Fsp3) is 0.231. The summed E-state index contributed by atoms with van der Waals surface area (Å²) >= 11 is 0. The molecule has 0 saturated heterocycles. The van der Waals surface area contributed by atoms with Crippen LogP contribution in [0.4, 0.5) is 26.3 Å². The van der Waals surface area contributed by atoms with Crippen LogP contribution in [0.15, 0.2) is 30.5 Å². The third kappa shape index (κ3) is 3.46. The van der Waals surface area contributed by atoms with Gasteiger partial charge in [0, 0.05) is 6.20 Å². The SMILES string of the molecule is COC(=O)c1ccc(-n2ccc(C(F)(F)F)n2)c(C(F)(F)F)c1. The zero-order valence-corrected chi connectivity index (χ0v) is 11.4. The Hall–Kier alpha value is -2.52. The summed E-state index contributed by atoms with van der Waals surface area (Å²) in [6.07, 6.45) is -8.93. The van der Waals surface area contributed by atoms with E-state index in [2.05, 4.69) is 9.84 Å². The monoisotopic (exact) mass is 338 g/mol. The smallest absolute Gasteiger partial charge is 0.435 e. The maximum atomic E-state index is 13.1. The van der Waals surface area contributed by atoms with Crippen LogP contribution in [0.25, 0.3) is 5.69 Å². The van der Waals surface area contributed by atoms with Gasteiger partial charge in [0.25, 0.3) is 0 Å². The number of carbonyl (C=O) groups excluding carboxylic acids is 1. The van der Waals surface area contributed by atoms with E-state index in [1.165, 1.54) is 0 Å². The van der Waals surface area contributed by atoms with Gasteiger partial charge in [0.05, 0.1) is 23.9 Å². The highest BCUT2D eigenvalue weighted by Gasteiger charge is 2.37. The Morgan fingerprint density at radius 1 is 1.09 bits per heavy atom. The fourth-order valence-corrected chi connectivity index (χ4v) is 1.82. The molecule has 1 heterocycles. The molecule has 1 aromatic heterocycles. The summed E-state index contributed by atoms with van der Waals surface area (Å²) in [5.74, 6) is -1.00. The minimum absolute atomic E-state index is 0.383. The van der Waals surface area contributed by atoms with E-state index >= 15 is 0 Å². The van der Waals surface area contributed by atoms with Crippen molar-refractivity contribution in [1.82, 2.24) is 9.78 Å². The second kappa shape index (κ2) is 5.60. The summed E-state index contributed by atoms with van der Waals surface area (Å²) in [6.45, 7) is 0.